The molecule has 2 heterocycles. The highest BCUT2D eigenvalue weighted by Crippen LogP contribution is 2.29. The van der Waals surface area contributed by atoms with Crippen molar-refractivity contribution in [2.75, 3.05) is 53.5 Å². The van der Waals surface area contributed by atoms with E-state index in [-0.39, 0.29) is 12.1 Å². The molecule has 1 aliphatic rings. The summed E-state index contributed by atoms with van der Waals surface area (Å²) in [6, 6.07) is 3.95. The topological polar surface area (TPSA) is 73.9 Å². The van der Waals surface area contributed by atoms with Crippen molar-refractivity contribution >= 4 is 23.2 Å². The van der Waals surface area contributed by atoms with Crippen molar-refractivity contribution in [2.24, 2.45) is 0 Å². The molecular formula is C17H28N4O3S. The Morgan fingerprint density at radius 1 is 1.32 bits per heavy atom. The molecule has 1 aromatic heterocycles. The van der Waals surface area contributed by atoms with Gasteiger partial charge in [-0.05, 0) is 32.5 Å². The van der Waals surface area contributed by atoms with Crippen molar-refractivity contribution in [3.8, 4) is 0 Å². The van der Waals surface area contributed by atoms with Gasteiger partial charge in [0.25, 0.3) is 0 Å². The van der Waals surface area contributed by atoms with Crippen LogP contribution in [0.4, 0.5) is 0 Å². The van der Waals surface area contributed by atoms with Crippen molar-refractivity contribution in [2.45, 2.75) is 19.0 Å². The van der Waals surface area contributed by atoms with Crippen LogP contribution in [0.3, 0.4) is 0 Å². The van der Waals surface area contributed by atoms with Crippen LogP contribution < -0.4 is 10.6 Å². The number of carbonyl (C=O) groups excluding carboxylic acids is 2. The van der Waals surface area contributed by atoms with Gasteiger partial charge in [0.15, 0.2) is 0 Å². The second-order valence-corrected chi connectivity index (χ2v) is 7.41. The molecule has 8 heteroatoms. The van der Waals surface area contributed by atoms with Gasteiger partial charge < -0.3 is 20.3 Å². The lowest BCUT2D eigenvalue weighted by atomic mass is 10.1. The first kappa shape index (κ1) is 19.8. The van der Waals surface area contributed by atoms with Gasteiger partial charge in [0, 0.05) is 37.1 Å². The molecule has 2 amide bonds. The predicted octanol–water partition coefficient (Wildman–Crippen LogP) is 0.304. The minimum absolute atomic E-state index is 0.0439. The van der Waals surface area contributed by atoms with Crippen LogP contribution >= 0.6 is 11.3 Å². The van der Waals surface area contributed by atoms with E-state index in [0.717, 1.165) is 13.1 Å². The van der Waals surface area contributed by atoms with Gasteiger partial charge in [-0.15, -0.1) is 11.3 Å². The number of amides is 2. The van der Waals surface area contributed by atoms with E-state index in [1.807, 2.05) is 37.4 Å². The van der Waals surface area contributed by atoms with Gasteiger partial charge in [-0.3, -0.25) is 14.5 Å². The van der Waals surface area contributed by atoms with Gasteiger partial charge in [0.05, 0.1) is 19.3 Å². The number of morpholine rings is 1. The predicted molar refractivity (Wildman–Crippen MR) is 98.6 cm³/mol. The quantitative estimate of drug-likeness (QED) is 0.678. The molecular weight excluding hydrogens is 340 g/mol. The number of rotatable bonds is 7. The Hall–Kier alpha value is -1.48. The van der Waals surface area contributed by atoms with E-state index >= 15 is 0 Å². The van der Waals surface area contributed by atoms with E-state index in [9.17, 15) is 9.59 Å². The van der Waals surface area contributed by atoms with E-state index in [1.54, 1.807) is 11.3 Å². The zero-order chi connectivity index (χ0) is 18.2. The SMILES string of the molecule is C[C@H](NC(=O)C(=O)NCCN(C)C)[C@H](c1cccs1)N1CCOCC1. The number of hydrogen-bond acceptors (Lipinski definition) is 6. The summed E-state index contributed by atoms with van der Waals surface area (Å²) in [5.74, 6) is -1.17. The fourth-order valence-electron chi connectivity index (χ4n) is 2.88. The fraction of sp³-hybridized carbons (Fsp3) is 0.647. The van der Waals surface area contributed by atoms with Gasteiger partial charge in [-0.1, -0.05) is 6.07 Å². The minimum atomic E-state index is -0.583. The van der Waals surface area contributed by atoms with Crippen LogP contribution in [0.1, 0.15) is 17.8 Å². The summed E-state index contributed by atoms with van der Waals surface area (Å²) in [4.78, 5) is 29.6. The van der Waals surface area contributed by atoms with Crippen LogP contribution in [0.15, 0.2) is 17.5 Å². The number of hydrogen-bond donors (Lipinski definition) is 2. The van der Waals surface area contributed by atoms with Crippen molar-refractivity contribution in [3.05, 3.63) is 22.4 Å². The highest BCUT2D eigenvalue weighted by molar-refractivity contribution is 7.10. The molecule has 1 saturated heterocycles. The van der Waals surface area contributed by atoms with Gasteiger partial charge >= 0.3 is 11.8 Å². The second-order valence-electron chi connectivity index (χ2n) is 6.43. The molecule has 0 aromatic carbocycles. The molecule has 0 bridgehead atoms. The summed E-state index contributed by atoms with van der Waals surface area (Å²) in [6.07, 6.45) is 0. The maximum absolute atomic E-state index is 12.2. The number of likely N-dealkylation sites (N-methyl/N-ethyl adjacent to an activating group) is 1. The largest absolute Gasteiger partial charge is 0.379 e. The van der Waals surface area contributed by atoms with Crippen LogP contribution in [-0.2, 0) is 14.3 Å². The standard InChI is InChI=1S/C17H28N4O3S/c1-13(19-17(23)16(22)18-6-7-20(2)3)15(14-5-4-12-25-14)21-8-10-24-11-9-21/h4-5,12-13,15H,6-11H2,1-3H3,(H,18,22)(H,19,23)/t13-,15+/m0/s1. The van der Waals surface area contributed by atoms with Gasteiger partial charge in [0.2, 0.25) is 0 Å². The summed E-state index contributed by atoms with van der Waals surface area (Å²) >= 11 is 1.67. The summed E-state index contributed by atoms with van der Waals surface area (Å²) in [5.41, 5.74) is 0. The smallest absolute Gasteiger partial charge is 0.309 e. The van der Waals surface area contributed by atoms with E-state index in [2.05, 4.69) is 21.6 Å². The third-order valence-electron chi connectivity index (χ3n) is 4.16. The van der Waals surface area contributed by atoms with Gasteiger partial charge in [0.1, 0.15) is 0 Å². The first-order valence-electron chi connectivity index (χ1n) is 8.57. The first-order valence-corrected chi connectivity index (χ1v) is 9.45. The van der Waals surface area contributed by atoms with Crippen molar-refractivity contribution in [1.82, 2.24) is 20.4 Å². The Kier molecular flexibility index (Phi) is 7.83. The fourth-order valence-corrected chi connectivity index (χ4v) is 3.85. The van der Waals surface area contributed by atoms with Crippen LogP contribution in [0.25, 0.3) is 0 Å². The highest BCUT2D eigenvalue weighted by Gasteiger charge is 2.30. The molecule has 140 valence electrons. The molecule has 2 rings (SSSR count). The molecule has 0 saturated carbocycles. The minimum Gasteiger partial charge on any atom is -0.379 e. The van der Waals surface area contributed by atoms with E-state index < -0.39 is 11.8 Å². The first-order chi connectivity index (χ1) is 12.0. The number of nitrogens with one attached hydrogen (secondary N) is 2. The van der Waals surface area contributed by atoms with Gasteiger partial charge in [-0.25, -0.2) is 0 Å². The van der Waals surface area contributed by atoms with E-state index in [0.29, 0.717) is 26.3 Å². The van der Waals surface area contributed by atoms with Crippen LogP contribution in [0.5, 0.6) is 0 Å². The lowest BCUT2D eigenvalue weighted by molar-refractivity contribution is -0.140. The molecule has 1 aliphatic heterocycles. The monoisotopic (exact) mass is 368 g/mol. The number of carbonyl (C=O) groups is 2. The molecule has 0 radical (unpaired) electrons. The van der Waals surface area contributed by atoms with Crippen LogP contribution in [-0.4, -0.2) is 81.1 Å². The Bertz CT molecular complexity index is 544. The number of ether oxygens (including phenoxy) is 1. The van der Waals surface area contributed by atoms with Gasteiger partial charge in [-0.2, -0.15) is 0 Å². The zero-order valence-corrected chi connectivity index (χ0v) is 16.0. The van der Waals surface area contributed by atoms with Crippen molar-refractivity contribution in [3.63, 3.8) is 0 Å². The normalized spacial score (nSPS) is 17.9. The second kappa shape index (κ2) is 9.86. The summed E-state index contributed by atoms with van der Waals surface area (Å²) in [5, 5.41) is 7.54. The Morgan fingerprint density at radius 3 is 2.64 bits per heavy atom. The molecule has 25 heavy (non-hydrogen) atoms. The highest BCUT2D eigenvalue weighted by atomic mass is 32.1. The summed E-state index contributed by atoms with van der Waals surface area (Å²) in [7, 11) is 3.84. The Morgan fingerprint density at radius 2 is 2.04 bits per heavy atom. The number of thiophene rings is 1. The summed E-state index contributed by atoms with van der Waals surface area (Å²) < 4.78 is 5.44. The lowest BCUT2D eigenvalue weighted by Crippen LogP contribution is -2.51. The third-order valence-corrected chi connectivity index (χ3v) is 5.10. The molecule has 0 aliphatic carbocycles. The van der Waals surface area contributed by atoms with Crippen LogP contribution in [0, 0.1) is 0 Å². The third kappa shape index (κ3) is 6.07. The molecule has 1 aromatic rings. The molecule has 1 fully saturated rings. The molecule has 2 N–H and O–H groups in total. The maximum Gasteiger partial charge on any atom is 0.309 e. The molecule has 2 atom stereocenters. The Balaban J connectivity index is 1.95. The lowest BCUT2D eigenvalue weighted by Gasteiger charge is -2.37. The molecule has 7 nitrogen and oxygen atoms in total. The zero-order valence-electron chi connectivity index (χ0n) is 15.2. The maximum atomic E-state index is 12.2. The molecule has 0 unspecified atom stereocenters. The number of nitrogens with zero attached hydrogens (tertiary/aromatic N) is 2. The van der Waals surface area contributed by atoms with E-state index in [4.69, 9.17) is 4.74 Å². The van der Waals surface area contributed by atoms with Crippen molar-refractivity contribution in [1.29, 1.82) is 0 Å². The molecule has 0 spiro atoms. The average Bonchev–Trinajstić information content (AvgIpc) is 3.09. The van der Waals surface area contributed by atoms with Crippen molar-refractivity contribution < 1.29 is 14.3 Å². The van der Waals surface area contributed by atoms with E-state index in [1.165, 1.54) is 4.88 Å². The summed E-state index contributed by atoms with van der Waals surface area (Å²) in [6.45, 7) is 6.10. The average molecular weight is 369 g/mol. The van der Waals surface area contributed by atoms with Crippen LogP contribution in [0.2, 0.25) is 0 Å². The Labute approximate surface area is 153 Å².